The number of aryl methyl sites for hydroxylation is 1. The summed E-state index contributed by atoms with van der Waals surface area (Å²) in [5, 5.41) is 8.19. The molecule has 0 aliphatic carbocycles. The van der Waals surface area contributed by atoms with Crippen LogP contribution >= 0.6 is 0 Å². The average molecular weight is 435 g/mol. The second kappa shape index (κ2) is 8.33. The van der Waals surface area contributed by atoms with Gasteiger partial charge in [-0.05, 0) is 42.0 Å². The van der Waals surface area contributed by atoms with Gasteiger partial charge in [0.2, 0.25) is 10.0 Å². The smallest absolute Gasteiger partial charge is 0.251 e. The van der Waals surface area contributed by atoms with E-state index in [4.69, 9.17) is 10.1 Å². The first-order valence-electron chi connectivity index (χ1n) is 9.72. The van der Waals surface area contributed by atoms with E-state index in [1.165, 1.54) is 24.3 Å². The van der Waals surface area contributed by atoms with E-state index in [9.17, 15) is 13.2 Å². The number of hydrogen-bond donors (Lipinski definition) is 2. The molecule has 7 nitrogen and oxygen atoms in total. The number of sulfonamides is 1. The number of aromatic nitrogens is 2. The van der Waals surface area contributed by atoms with E-state index in [1.54, 1.807) is 0 Å². The molecule has 0 spiro atoms. The number of rotatable bonds is 6. The van der Waals surface area contributed by atoms with E-state index >= 15 is 0 Å². The molecule has 3 N–H and O–H groups in total. The number of amides is 1. The number of benzene rings is 3. The minimum atomic E-state index is -3.81. The summed E-state index contributed by atoms with van der Waals surface area (Å²) in [6, 6.07) is 22.8. The van der Waals surface area contributed by atoms with E-state index in [-0.39, 0.29) is 16.8 Å². The molecular weight excluding hydrogens is 412 g/mol. The van der Waals surface area contributed by atoms with Crippen molar-refractivity contribution < 1.29 is 13.2 Å². The fourth-order valence-corrected chi connectivity index (χ4v) is 4.05. The van der Waals surface area contributed by atoms with Gasteiger partial charge in [0.15, 0.2) is 0 Å². The van der Waals surface area contributed by atoms with Gasteiger partial charge in [0.25, 0.3) is 5.91 Å². The molecule has 1 atom stereocenters. The third kappa shape index (κ3) is 4.50. The van der Waals surface area contributed by atoms with Crippen molar-refractivity contribution in [1.29, 1.82) is 0 Å². The van der Waals surface area contributed by atoms with Gasteiger partial charge in [-0.15, -0.1) is 0 Å². The second-order valence-electron chi connectivity index (χ2n) is 7.29. The number of imidazole rings is 1. The summed E-state index contributed by atoms with van der Waals surface area (Å²) >= 11 is 0. The topological polar surface area (TPSA) is 107 Å². The molecule has 4 rings (SSSR count). The van der Waals surface area contributed by atoms with E-state index in [0.717, 1.165) is 22.4 Å². The van der Waals surface area contributed by atoms with Crippen LogP contribution in [-0.2, 0) is 23.5 Å². The fraction of sp³-hybridized carbons (Fsp3) is 0.130. The SMILES string of the molecule is Cn1c(CC(NC(=O)c2ccc(S(N)(=O)=O)cc2)c2ccccc2)nc2ccccc21. The fourth-order valence-electron chi connectivity index (χ4n) is 3.54. The van der Waals surface area contributed by atoms with Gasteiger partial charge in [-0.25, -0.2) is 18.5 Å². The van der Waals surface area contributed by atoms with Crippen molar-refractivity contribution in [1.82, 2.24) is 14.9 Å². The van der Waals surface area contributed by atoms with Crippen molar-refractivity contribution in [3.63, 3.8) is 0 Å². The molecule has 1 unspecified atom stereocenters. The number of fused-ring (bicyclic) bond motifs is 1. The number of carbonyl (C=O) groups excluding carboxylic acids is 1. The molecule has 1 aromatic heterocycles. The Kier molecular flexibility index (Phi) is 5.58. The zero-order chi connectivity index (χ0) is 22.0. The predicted molar refractivity (Wildman–Crippen MR) is 119 cm³/mol. The Labute approximate surface area is 180 Å². The van der Waals surface area contributed by atoms with Crippen LogP contribution in [0.4, 0.5) is 0 Å². The third-order valence-electron chi connectivity index (χ3n) is 5.22. The summed E-state index contributed by atoms with van der Waals surface area (Å²) in [6.45, 7) is 0. The highest BCUT2D eigenvalue weighted by Crippen LogP contribution is 2.22. The maximum Gasteiger partial charge on any atom is 0.251 e. The standard InChI is InChI=1S/C23H22N4O3S/c1-27-21-10-6-5-9-19(21)25-22(27)15-20(16-7-3-2-4-8-16)26-23(28)17-11-13-18(14-12-17)31(24,29)30/h2-14,20H,15H2,1H3,(H,26,28)(H2,24,29,30). The molecule has 1 heterocycles. The number of para-hydroxylation sites is 2. The molecule has 8 heteroatoms. The van der Waals surface area contributed by atoms with Crippen molar-refractivity contribution in [3.05, 3.63) is 95.8 Å². The van der Waals surface area contributed by atoms with Crippen molar-refractivity contribution in [2.45, 2.75) is 17.4 Å². The van der Waals surface area contributed by atoms with Crippen LogP contribution in [0.25, 0.3) is 11.0 Å². The number of primary sulfonamides is 1. The van der Waals surface area contributed by atoms with Crippen LogP contribution < -0.4 is 10.5 Å². The molecule has 0 aliphatic heterocycles. The molecule has 3 aromatic carbocycles. The maximum atomic E-state index is 12.9. The first-order valence-corrected chi connectivity index (χ1v) is 11.3. The lowest BCUT2D eigenvalue weighted by molar-refractivity contribution is 0.0936. The molecule has 4 aromatic rings. The van der Waals surface area contributed by atoms with Crippen molar-refractivity contribution in [2.24, 2.45) is 12.2 Å². The van der Waals surface area contributed by atoms with Crippen LogP contribution in [0.2, 0.25) is 0 Å². The second-order valence-corrected chi connectivity index (χ2v) is 8.85. The summed E-state index contributed by atoms with van der Waals surface area (Å²) in [5.74, 6) is 0.536. The molecular formula is C23H22N4O3S. The predicted octanol–water partition coefficient (Wildman–Crippen LogP) is 2.93. The molecule has 1 amide bonds. The van der Waals surface area contributed by atoms with Crippen LogP contribution in [0.5, 0.6) is 0 Å². The van der Waals surface area contributed by atoms with Crippen molar-refractivity contribution >= 4 is 27.0 Å². The number of carbonyl (C=O) groups is 1. The monoisotopic (exact) mass is 434 g/mol. The van der Waals surface area contributed by atoms with Gasteiger partial charge in [-0.2, -0.15) is 0 Å². The lowest BCUT2D eigenvalue weighted by atomic mass is 10.0. The highest BCUT2D eigenvalue weighted by molar-refractivity contribution is 7.89. The van der Waals surface area contributed by atoms with Gasteiger partial charge in [0.05, 0.1) is 22.0 Å². The Morgan fingerprint density at radius 3 is 2.29 bits per heavy atom. The summed E-state index contributed by atoms with van der Waals surface area (Å²) < 4.78 is 24.9. The van der Waals surface area contributed by atoms with Crippen LogP contribution in [0, 0.1) is 0 Å². The van der Waals surface area contributed by atoms with Gasteiger partial charge in [0.1, 0.15) is 5.82 Å². The zero-order valence-corrected chi connectivity index (χ0v) is 17.7. The minimum absolute atomic E-state index is 0.0386. The summed E-state index contributed by atoms with van der Waals surface area (Å²) in [6.07, 6.45) is 0.496. The molecule has 0 fully saturated rings. The van der Waals surface area contributed by atoms with Gasteiger partial charge >= 0.3 is 0 Å². The Bertz CT molecular complexity index is 1330. The largest absolute Gasteiger partial charge is 0.345 e. The summed E-state index contributed by atoms with van der Waals surface area (Å²) in [7, 11) is -1.85. The normalized spacial score (nSPS) is 12.6. The van der Waals surface area contributed by atoms with E-state index in [0.29, 0.717) is 12.0 Å². The van der Waals surface area contributed by atoms with Gasteiger partial charge < -0.3 is 9.88 Å². The minimum Gasteiger partial charge on any atom is -0.345 e. The molecule has 31 heavy (non-hydrogen) atoms. The van der Waals surface area contributed by atoms with Gasteiger partial charge in [0, 0.05) is 19.0 Å². The molecule has 158 valence electrons. The number of nitrogens with two attached hydrogens (primary N) is 1. The average Bonchev–Trinajstić information content (AvgIpc) is 3.09. The Balaban J connectivity index is 1.62. The van der Waals surface area contributed by atoms with E-state index in [2.05, 4.69) is 5.32 Å². The number of nitrogens with one attached hydrogen (secondary N) is 1. The van der Waals surface area contributed by atoms with E-state index < -0.39 is 10.0 Å². The molecule has 0 radical (unpaired) electrons. The molecule has 0 aliphatic rings. The highest BCUT2D eigenvalue weighted by atomic mass is 32.2. The summed E-state index contributed by atoms with van der Waals surface area (Å²) in [4.78, 5) is 17.6. The maximum absolute atomic E-state index is 12.9. The van der Waals surface area contributed by atoms with Crippen LogP contribution in [0.15, 0.2) is 83.8 Å². The van der Waals surface area contributed by atoms with Gasteiger partial charge in [-0.1, -0.05) is 42.5 Å². The van der Waals surface area contributed by atoms with Crippen molar-refractivity contribution in [2.75, 3.05) is 0 Å². The Hall–Kier alpha value is -3.49. The first kappa shape index (κ1) is 20.8. The van der Waals surface area contributed by atoms with E-state index in [1.807, 2.05) is 66.2 Å². The van der Waals surface area contributed by atoms with Crippen LogP contribution in [-0.4, -0.2) is 23.9 Å². The zero-order valence-electron chi connectivity index (χ0n) is 16.9. The Morgan fingerprint density at radius 1 is 1.00 bits per heavy atom. The van der Waals surface area contributed by atoms with Gasteiger partial charge in [-0.3, -0.25) is 4.79 Å². The highest BCUT2D eigenvalue weighted by Gasteiger charge is 2.20. The van der Waals surface area contributed by atoms with Crippen LogP contribution in [0.1, 0.15) is 27.8 Å². The molecule has 0 bridgehead atoms. The van der Waals surface area contributed by atoms with Crippen LogP contribution in [0.3, 0.4) is 0 Å². The molecule has 0 saturated heterocycles. The lowest BCUT2D eigenvalue weighted by Gasteiger charge is -2.19. The quantitative estimate of drug-likeness (QED) is 0.486. The lowest BCUT2D eigenvalue weighted by Crippen LogP contribution is -2.30. The first-order chi connectivity index (χ1) is 14.8. The Morgan fingerprint density at radius 2 is 1.65 bits per heavy atom. The van der Waals surface area contributed by atoms with Crippen molar-refractivity contribution in [3.8, 4) is 0 Å². The summed E-state index contributed by atoms with van der Waals surface area (Å²) in [5.41, 5.74) is 3.22. The third-order valence-corrected chi connectivity index (χ3v) is 6.15. The molecule has 0 saturated carbocycles. The number of hydrogen-bond acceptors (Lipinski definition) is 4. The number of nitrogens with zero attached hydrogens (tertiary/aromatic N) is 2.